The summed E-state index contributed by atoms with van der Waals surface area (Å²) >= 11 is 5.14. The van der Waals surface area contributed by atoms with Crippen LogP contribution in [0.1, 0.15) is 25.8 Å². The van der Waals surface area contributed by atoms with Gasteiger partial charge in [-0.1, -0.05) is 0 Å². The number of hydrogen-bond donors (Lipinski definition) is 1. The molecule has 0 aliphatic carbocycles. The number of aromatic amines is 1. The van der Waals surface area contributed by atoms with Crippen LogP contribution in [0.4, 0.5) is 0 Å². The molecule has 1 fully saturated rings. The Morgan fingerprint density at radius 1 is 1.64 bits per heavy atom. The van der Waals surface area contributed by atoms with Gasteiger partial charge < -0.3 is 9.30 Å². The van der Waals surface area contributed by atoms with Crippen LogP contribution >= 0.6 is 12.2 Å². The normalized spacial score (nSPS) is 20.9. The number of nitrogens with one attached hydrogen (secondary N) is 1. The topological polar surface area (TPSA) is 42.8 Å². The first-order chi connectivity index (χ1) is 6.79. The highest BCUT2D eigenvalue weighted by Crippen LogP contribution is 2.26. The van der Waals surface area contributed by atoms with Crippen molar-refractivity contribution >= 4 is 12.2 Å². The van der Waals surface area contributed by atoms with E-state index in [0.29, 0.717) is 16.7 Å². The summed E-state index contributed by atoms with van der Waals surface area (Å²) < 4.78 is 8.08. The molecule has 0 bridgehead atoms. The molecule has 4 nitrogen and oxygen atoms in total. The molecule has 1 aliphatic heterocycles. The van der Waals surface area contributed by atoms with Crippen LogP contribution in [0.3, 0.4) is 0 Å². The van der Waals surface area contributed by atoms with Crippen LogP contribution in [-0.4, -0.2) is 28.0 Å². The molecule has 0 radical (unpaired) electrons. The van der Waals surface area contributed by atoms with Crippen LogP contribution < -0.4 is 0 Å². The van der Waals surface area contributed by atoms with Gasteiger partial charge in [-0.3, -0.25) is 5.10 Å². The van der Waals surface area contributed by atoms with E-state index in [0.717, 1.165) is 26.1 Å². The maximum Gasteiger partial charge on any atom is 0.195 e. The summed E-state index contributed by atoms with van der Waals surface area (Å²) in [6, 6.07) is 0.421. The van der Waals surface area contributed by atoms with E-state index < -0.39 is 0 Å². The van der Waals surface area contributed by atoms with Crippen molar-refractivity contribution in [3.05, 3.63) is 11.1 Å². The summed E-state index contributed by atoms with van der Waals surface area (Å²) in [6.07, 6.45) is 4.02. The zero-order chi connectivity index (χ0) is 9.97. The molecule has 1 N–H and O–H groups in total. The molecule has 1 aromatic heterocycles. The summed E-state index contributed by atoms with van der Waals surface area (Å²) in [6.45, 7) is 3.95. The van der Waals surface area contributed by atoms with Gasteiger partial charge in [0.25, 0.3) is 0 Å². The largest absolute Gasteiger partial charge is 0.381 e. The van der Waals surface area contributed by atoms with Gasteiger partial charge in [0.2, 0.25) is 0 Å². The number of ether oxygens (including phenoxy) is 1. The molecule has 5 heteroatoms. The van der Waals surface area contributed by atoms with Crippen molar-refractivity contribution in [2.75, 3.05) is 13.2 Å². The van der Waals surface area contributed by atoms with Crippen molar-refractivity contribution in [1.29, 1.82) is 0 Å². The van der Waals surface area contributed by atoms with Gasteiger partial charge in [0, 0.05) is 19.3 Å². The van der Waals surface area contributed by atoms with E-state index in [1.807, 2.05) is 4.57 Å². The first-order valence-corrected chi connectivity index (χ1v) is 5.39. The van der Waals surface area contributed by atoms with E-state index in [9.17, 15) is 0 Å². The Morgan fingerprint density at radius 2 is 2.36 bits per heavy atom. The standard InChI is InChI=1S/C9H15N3OS/c1-7(8-2-4-13-5-3-8)12-6-10-11-9(12)14/h6-8H,2-5H2,1H3,(H,11,14). The molecule has 2 rings (SSSR count). The Morgan fingerprint density at radius 3 is 2.93 bits per heavy atom. The molecule has 1 saturated heterocycles. The van der Waals surface area contributed by atoms with Crippen molar-refractivity contribution in [2.45, 2.75) is 25.8 Å². The smallest absolute Gasteiger partial charge is 0.195 e. The van der Waals surface area contributed by atoms with Gasteiger partial charge in [0.1, 0.15) is 6.33 Å². The third-order valence-corrected chi connectivity index (χ3v) is 3.27. The van der Waals surface area contributed by atoms with Crippen molar-refractivity contribution < 1.29 is 4.74 Å². The number of hydrogen-bond acceptors (Lipinski definition) is 3. The average molecular weight is 213 g/mol. The summed E-state index contributed by atoms with van der Waals surface area (Å²) in [7, 11) is 0. The summed E-state index contributed by atoms with van der Waals surface area (Å²) in [4.78, 5) is 0. The maximum absolute atomic E-state index is 5.34. The number of nitrogens with zero attached hydrogens (tertiary/aromatic N) is 2. The SMILES string of the molecule is CC(C1CCOCC1)n1cn[nH]c1=S. The predicted octanol–water partition coefficient (Wildman–Crippen LogP) is 1.93. The van der Waals surface area contributed by atoms with Gasteiger partial charge in [-0.05, 0) is 37.9 Å². The van der Waals surface area contributed by atoms with Gasteiger partial charge in [0.15, 0.2) is 4.77 Å². The monoisotopic (exact) mass is 213 g/mol. The second kappa shape index (κ2) is 4.23. The lowest BCUT2D eigenvalue weighted by molar-refractivity contribution is 0.0511. The zero-order valence-electron chi connectivity index (χ0n) is 8.27. The van der Waals surface area contributed by atoms with Crippen LogP contribution in [0, 0.1) is 10.7 Å². The van der Waals surface area contributed by atoms with Crippen molar-refractivity contribution in [2.24, 2.45) is 5.92 Å². The fraction of sp³-hybridized carbons (Fsp3) is 0.778. The molecule has 1 atom stereocenters. The molecular formula is C9H15N3OS. The van der Waals surface area contributed by atoms with E-state index in [2.05, 4.69) is 17.1 Å². The quantitative estimate of drug-likeness (QED) is 0.763. The number of aromatic nitrogens is 3. The van der Waals surface area contributed by atoms with Gasteiger partial charge >= 0.3 is 0 Å². The minimum absolute atomic E-state index is 0.421. The molecule has 1 aliphatic rings. The minimum Gasteiger partial charge on any atom is -0.381 e. The first kappa shape index (κ1) is 9.86. The second-order valence-electron chi connectivity index (χ2n) is 3.76. The molecular weight excluding hydrogens is 198 g/mol. The van der Waals surface area contributed by atoms with Crippen molar-refractivity contribution in [1.82, 2.24) is 14.8 Å². The summed E-state index contributed by atoms with van der Waals surface area (Å²) in [5, 5.41) is 6.73. The Hall–Kier alpha value is -0.680. The van der Waals surface area contributed by atoms with Gasteiger partial charge in [-0.15, -0.1) is 0 Å². The third-order valence-electron chi connectivity index (χ3n) is 2.96. The van der Waals surface area contributed by atoms with Crippen LogP contribution in [0.5, 0.6) is 0 Å². The molecule has 0 aromatic carbocycles. The molecule has 14 heavy (non-hydrogen) atoms. The Kier molecular flexibility index (Phi) is 2.98. The Bertz CT molecular complexity index is 340. The zero-order valence-corrected chi connectivity index (χ0v) is 9.09. The lowest BCUT2D eigenvalue weighted by Gasteiger charge is -2.28. The van der Waals surface area contributed by atoms with E-state index in [1.54, 1.807) is 6.33 Å². The lowest BCUT2D eigenvalue weighted by Crippen LogP contribution is -2.23. The fourth-order valence-corrected chi connectivity index (χ4v) is 2.24. The highest BCUT2D eigenvalue weighted by molar-refractivity contribution is 7.71. The van der Waals surface area contributed by atoms with Crippen molar-refractivity contribution in [3.63, 3.8) is 0 Å². The minimum atomic E-state index is 0.421. The molecule has 1 aromatic rings. The Balaban J connectivity index is 2.11. The van der Waals surface area contributed by atoms with Crippen LogP contribution in [0.2, 0.25) is 0 Å². The first-order valence-electron chi connectivity index (χ1n) is 4.98. The van der Waals surface area contributed by atoms with Crippen molar-refractivity contribution in [3.8, 4) is 0 Å². The van der Waals surface area contributed by atoms with Gasteiger partial charge in [0.05, 0.1) is 0 Å². The van der Waals surface area contributed by atoms with E-state index in [4.69, 9.17) is 17.0 Å². The second-order valence-corrected chi connectivity index (χ2v) is 4.15. The van der Waals surface area contributed by atoms with E-state index in [-0.39, 0.29) is 0 Å². The lowest BCUT2D eigenvalue weighted by atomic mass is 9.93. The van der Waals surface area contributed by atoms with Gasteiger partial charge in [-0.25, -0.2) is 0 Å². The third kappa shape index (κ3) is 1.88. The van der Waals surface area contributed by atoms with E-state index in [1.165, 1.54) is 0 Å². The number of H-pyrrole nitrogens is 1. The van der Waals surface area contributed by atoms with E-state index >= 15 is 0 Å². The molecule has 78 valence electrons. The fourth-order valence-electron chi connectivity index (χ4n) is 1.97. The molecule has 0 saturated carbocycles. The van der Waals surface area contributed by atoms with Crippen LogP contribution in [0.15, 0.2) is 6.33 Å². The average Bonchev–Trinajstić information content (AvgIpc) is 2.65. The van der Waals surface area contributed by atoms with Crippen LogP contribution in [0.25, 0.3) is 0 Å². The Labute approximate surface area is 88.3 Å². The molecule has 1 unspecified atom stereocenters. The molecule has 0 amide bonds. The highest BCUT2D eigenvalue weighted by Gasteiger charge is 2.21. The summed E-state index contributed by atoms with van der Waals surface area (Å²) in [5.41, 5.74) is 0. The predicted molar refractivity (Wildman–Crippen MR) is 55.7 cm³/mol. The highest BCUT2D eigenvalue weighted by atomic mass is 32.1. The number of rotatable bonds is 2. The maximum atomic E-state index is 5.34. The van der Waals surface area contributed by atoms with Gasteiger partial charge in [-0.2, -0.15) is 5.10 Å². The molecule has 2 heterocycles. The molecule has 0 spiro atoms. The van der Waals surface area contributed by atoms with Crippen LogP contribution in [-0.2, 0) is 4.74 Å². The summed E-state index contributed by atoms with van der Waals surface area (Å²) in [5.74, 6) is 0.660.